The second-order valence-corrected chi connectivity index (χ2v) is 4.15. The van der Waals surface area contributed by atoms with Crippen LogP contribution in [-0.2, 0) is 4.74 Å². The van der Waals surface area contributed by atoms with Crippen molar-refractivity contribution in [3.8, 4) is 11.8 Å². The van der Waals surface area contributed by atoms with E-state index in [2.05, 4.69) is 31.0 Å². The minimum atomic E-state index is 0.0789. The third-order valence-corrected chi connectivity index (χ3v) is 3.00. The van der Waals surface area contributed by atoms with Crippen LogP contribution >= 0.6 is 0 Å². The normalized spacial score (nSPS) is 32.1. The fraction of sp³-hybridized carbons (Fsp3) is 0.833. The Labute approximate surface area is 87.4 Å². The van der Waals surface area contributed by atoms with Gasteiger partial charge in [0, 0.05) is 12.6 Å². The van der Waals surface area contributed by atoms with Crippen molar-refractivity contribution in [3.63, 3.8) is 0 Å². The molecule has 1 saturated heterocycles. The Hall–Kier alpha value is -0.520. The van der Waals surface area contributed by atoms with Gasteiger partial charge in [0.15, 0.2) is 0 Å². The molecule has 0 saturated carbocycles. The molecule has 2 heteroatoms. The van der Waals surface area contributed by atoms with Gasteiger partial charge in [-0.05, 0) is 33.1 Å². The molecular formula is C12H21NO. The summed E-state index contributed by atoms with van der Waals surface area (Å²) in [6.45, 7) is 7.95. The van der Waals surface area contributed by atoms with E-state index in [1.807, 2.05) is 6.92 Å². The van der Waals surface area contributed by atoms with Crippen molar-refractivity contribution >= 4 is 0 Å². The van der Waals surface area contributed by atoms with Crippen LogP contribution < -0.4 is 5.32 Å². The lowest BCUT2D eigenvalue weighted by atomic mass is 9.90. The maximum Gasteiger partial charge on any atom is 0.0666 e. The second kappa shape index (κ2) is 5.38. The molecule has 0 aliphatic carbocycles. The zero-order valence-corrected chi connectivity index (χ0v) is 9.52. The molecule has 0 aromatic carbocycles. The fourth-order valence-corrected chi connectivity index (χ4v) is 1.83. The molecule has 1 rings (SSSR count). The monoisotopic (exact) mass is 195 g/mol. The van der Waals surface area contributed by atoms with Crippen LogP contribution in [0, 0.1) is 11.8 Å². The number of ether oxygens (including phenoxy) is 1. The van der Waals surface area contributed by atoms with Gasteiger partial charge in [0.1, 0.15) is 0 Å². The topological polar surface area (TPSA) is 21.3 Å². The van der Waals surface area contributed by atoms with E-state index < -0.39 is 0 Å². The molecule has 0 amide bonds. The van der Waals surface area contributed by atoms with E-state index in [1.165, 1.54) is 0 Å². The highest BCUT2D eigenvalue weighted by Crippen LogP contribution is 2.27. The van der Waals surface area contributed by atoms with Crippen molar-refractivity contribution in [1.82, 2.24) is 5.32 Å². The third-order valence-electron chi connectivity index (χ3n) is 3.00. The number of nitrogens with one attached hydrogen (secondary N) is 1. The van der Waals surface area contributed by atoms with Gasteiger partial charge in [-0.3, -0.25) is 0 Å². The maximum absolute atomic E-state index is 5.78. The van der Waals surface area contributed by atoms with E-state index in [1.54, 1.807) is 0 Å². The lowest BCUT2D eigenvalue weighted by Gasteiger charge is -2.37. The summed E-state index contributed by atoms with van der Waals surface area (Å²) in [5.74, 6) is 5.94. The molecule has 1 N–H and O–H groups in total. The minimum absolute atomic E-state index is 0.0789. The Bertz CT molecular complexity index is 228. The van der Waals surface area contributed by atoms with Crippen molar-refractivity contribution in [1.29, 1.82) is 0 Å². The summed E-state index contributed by atoms with van der Waals surface area (Å²) in [6, 6.07) is 0.578. The van der Waals surface area contributed by atoms with Gasteiger partial charge >= 0.3 is 0 Å². The number of rotatable bonds is 3. The highest BCUT2D eigenvalue weighted by Gasteiger charge is 2.30. The van der Waals surface area contributed by atoms with E-state index >= 15 is 0 Å². The molecule has 1 aliphatic rings. The molecule has 80 valence electrons. The average molecular weight is 195 g/mol. The molecule has 2 unspecified atom stereocenters. The fourth-order valence-electron chi connectivity index (χ4n) is 1.83. The van der Waals surface area contributed by atoms with Crippen molar-refractivity contribution in [3.05, 3.63) is 0 Å². The SMILES string of the molecule is CC#CCNC1CCOC(C)(CC)C1. The zero-order valence-electron chi connectivity index (χ0n) is 9.52. The van der Waals surface area contributed by atoms with Crippen LogP contribution in [0.25, 0.3) is 0 Å². The Morgan fingerprint density at radius 1 is 1.57 bits per heavy atom. The van der Waals surface area contributed by atoms with Crippen LogP contribution in [0.5, 0.6) is 0 Å². The van der Waals surface area contributed by atoms with Gasteiger partial charge in [-0.1, -0.05) is 12.8 Å². The highest BCUT2D eigenvalue weighted by molar-refractivity contribution is 4.98. The van der Waals surface area contributed by atoms with E-state index in [9.17, 15) is 0 Å². The Kier molecular flexibility index (Phi) is 4.44. The molecule has 1 heterocycles. The minimum Gasteiger partial charge on any atom is -0.375 e. The second-order valence-electron chi connectivity index (χ2n) is 4.15. The molecule has 14 heavy (non-hydrogen) atoms. The number of hydrogen-bond donors (Lipinski definition) is 1. The molecule has 0 aromatic rings. The first-order valence-corrected chi connectivity index (χ1v) is 5.47. The van der Waals surface area contributed by atoms with E-state index in [0.29, 0.717) is 6.04 Å². The summed E-state index contributed by atoms with van der Waals surface area (Å²) in [5, 5.41) is 3.46. The van der Waals surface area contributed by atoms with Crippen LogP contribution in [0.3, 0.4) is 0 Å². The quantitative estimate of drug-likeness (QED) is 0.695. The van der Waals surface area contributed by atoms with Crippen LogP contribution in [0.1, 0.15) is 40.0 Å². The summed E-state index contributed by atoms with van der Waals surface area (Å²) in [4.78, 5) is 0. The number of hydrogen-bond acceptors (Lipinski definition) is 2. The lowest BCUT2D eigenvalue weighted by molar-refractivity contribution is -0.0774. The standard InChI is InChI=1S/C12H21NO/c1-4-6-8-13-11-7-9-14-12(3,5-2)10-11/h11,13H,5,7-10H2,1-3H3. The highest BCUT2D eigenvalue weighted by atomic mass is 16.5. The van der Waals surface area contributed by atoms with Gasteiger partial charge in [0.05, 0.1) is 12.1 Å². The summed E-state index contributed by atoms with van der Waals surface area (Å²) < 4.78 is 5.78. The molecule has 0 aromatic heterocycles. The van der Waals surface area contributed by atoms with Crippen molar-refractivity contribution in [2.45, 2.75) is 51.7 Å². The third kappa shape index (κ3) is 3.32. The summed E-state index contributed by atoms with van der Waals surface area (Å²) in [5.41, 5.74) is 0.0789. The van der Waals surface area contributed by atoms with Crippen molar-refractivity contribution in [2.75, 3.05) is 13.2 Å². The predicted octanol–water partition coefficient (Wildman–Crippen LogP) is 1.95. The molecule has 2 atom stereocenters. The predicted molar refractivity (Wildman–Crippen MR) is 59.1 cm³/mol. The van der Waals surface area contributed by atoms with Crippen LogP contribution in [0.2, 0.25) is 0 Å². The van der Waals surface area contributed by atoms with Gasteiger partial charge in [0.2, 0.25) is 0 Å². The average Bonchev–Trinajstić information content (AvgIpc) is 2.19. The van der Waals surface area contributed by atoms with Crippen molar-refractivity contribution < 1.29 is 4.74 Å². The van der Waals surface area contributed by atoms with Gasteiger partial charge in [0.25, 0.3) is 0 Å². The first kappa shape index (κ1) is 11.6. The van der Waals surface area contributed by atoms with E-state index in [4.69, 9.17) is 4.74 Å². The van der Waals surface area contributed by atoms with Crippen molar-refractivity contribution in [2.24, 2.45) is 0 Å². The zero-order chi connectivity index (χ0) is 10.4. The summed E-state index contributed by atoms with van der Waals surface area (Å²) in [7, 11) is 0. The summed E-state index contributed by atoms with van der Waals surface area (Å²) in [6.07, 6.45) is 3.31. The molecular weight excluding hydrogens is 174 g/mol. The van der Waals surface area contributed by atoms with Crippen LogP contribution in [0.15, 0.2) is 0 Å². The molecule has 0 radical (unpaired) electrons. The Morgan fingerprint density at radius 2 is 2.36 bits per heavy atom. The first-order valence-electron chi connectivity index (χ1n) is 5.47. The molecule has 0 bridgehead atoms. The molecule has 0 spiro atoms. The summed E-state index contributed by atoms with van der Waals surface area (Å²) >= 11 is 0. The van der Waals surface area contributed by atoms with Crippen LogP contribution in [0.4, 0.5) is 0 Å². The van der Waals surface area contributed by atoms with Gasteiger partial charge in [-0.2, -0.15) is 0 Å². The largest absolute Gasteiger partial charge is 0.375 e. The lowest BCUT2D eigenvalue weighted by Crippen LogP contribution is -2.45. The molecule has 1 fully saturated rings. The van der Waals surface area contributed by atoms with Gasteiger partial charge in [-0.15, -0.1) is 5.92 Å². The van der Waals surface area contributed by atoms with E-state index in [0.717, 1.165) is 32.4 Å². The van der Waals surface area contributed by atoms with Crippen LogP contribution in [-0.4, -0.2) is 24.8 Å². The molecule has 2 nitrogen and oxygen atoms in total. The van der Waals surface area contributed by atoms with Gasteiger partial charge in [-0.25, -0.2) is 0 Å². The van der Waals surface area contributed by atoms with E-state index in [-0.39, 0.29) is 5.60 Å². The Balaban J connectivity index is 2.35. The first-order chi connectivity index (χ1) is 6.70. The molecule has 1 aliphatic heterocycles. The maximum atomic E-state index is 5.78. The Morgan fingerprint density at radius 3 is 3.00 bits per heavy atom. The smallest absolute Gasteiger partial charge is 0.0666 e. The van der Waals surface area contributed by atoms with Gasteiger partial charge < -0.3 is 10.1 Å².